The van der Waals surface area contributed by atoms with Crippen molar-refractivity contribution in [1.29, 1.82) is 0 Å². The number of ether oxygens (including phenoxy) is 3. The maximum absolute atomic E-state index is 14.6. The van der Waals surface area contributed by atoms with Crippen LogP contribution in [-0.4, -0.2) is 84.2 Å². The van der Waals surface area contributed by atoms with Gasteiger partial charge in [-0.1, -0.05) is 30.9 Å². The molecular weight excluding hydrogens is 603 g/mol. The lowest BCUT2D eigenvalue weighted by molar-refractivity contribution is -0.201. The number of allylic oxidation sites excluding steroid dienone is 1. The summed E-state index contributed by atoms with van der Waals surface area (Å²) in [6.45, 7) is 18.9. The number of aromatic nitrogens is 4. The molecule has 2 aliphatic rings. The van der Waals surface area contributed by atoms with E-state index in [4.69, 9.17) is 19.3 Å². The third-order valence-electron chi connectivity index (χ3n) is 8.30. The van der Waals surface area contributed by atoms with Gasteiger partial charge in [0, 0.05) is 43.0 Å². The molecule has 0 spiro atoms. The van der Waals surface area contributed by atoms with E-state index in [0.29, 0.717) is 37.5 Å². The zero-order valence-electron chi connectivity index (χ0n) is 27.9. The molecule has 0 bridgehead atoms. The van der Waals surface area contributed by atoms with Crippen molar-refractivity contribution in [2.24, 2.45) is 0 Å². The number of para-hydroxylation sites is 1. The quantitative estimate of drug-likeness (QED) is 0.231. The van der Waals surface area contributed by atoms with Crippen molar-refractivity contribution < 1.29 is 28.5 Å². The first kappa shape index (κ1) is 34.1. The normalized spacial score (nSPS) is 18.7. The van der Waals surface area contributed by atoms with Gasteiger partial charge in [0.15, 0.2) is 23.7 Å². The van der Waals surface area contributed by atoms with E-state index in [1.54, 1.807) is 34.0 Å². The van der Waals surface area contributed by atoms with Crippen molar-refractivity contribution in [3.8, 4) is 11.6 Å². The van der Waals surface area contributed by atoms with Gasteiger partial charge in [-0.05, 0) is 65.2 Å². The number of carboxylic acid groups (broad SMARTS) is 1. The Morgan fingerprint density at radius 3 is 2.60 bits per heavy atom. The van der Waals surface area contributed by atoms with E-state index in [9.17, 15) is 14.3 Å². The summed E-state index contributed by atoms with van der Waals surface area (Å²) < 4.78 is 35.9. The Bertz CT molecular complexity index is 1630. The van der Waals surface area contributed by atoms with Gasteiger partial charge >= 0.3 is 5.97 Å². The molecule has 12 heteroatoms. The van der Waals surface area contributed by atoms with E-state index < -0.39 is 29.9 Å². The van der Waals surface area contributed by atoms with Crippen molar-refractivity contribution in [2.45, 2.75) is 77.6 Å². The number of carboxylic acids is 1. The van der Waals surface area contributed by atoms with Crippen LogP contribution in [0.1, 0.15) is 70.6 Å². The highest BCUT2D eigenvalue weighted by Gasteiger charge is 2.44. The molecule has 2 unspecified atom stereocenters. The largest absolute Gasteiger partial charge is 0.486 e. The molecule has 4 heterocycles. The van der Waals surface area contributed by atoms with Crippen LogP contribution in [-0.2, 0) is 20.7 Å². The number of aliphatic carboxylic acids is 1. The lowest BCUT2D eigenvalue weighted by Gasteiger charge is -2.49. The second kappa shape index (κ2) is 13.8. The first-order valence-electron chi connectivity index (χ1n) is 15.8. The molecule has 2 aromatic heterocycles. The average molecular weight is 649 g/mol. The van der Waals surface area contributed by atoms with Crippen LogP contribution in [0.5, 0.6) is 5.75 Å². The molecule has 0 aliphatic carbocycles. The van der Waals surface area contributed by atoms with Crippen molar-refractivity contribution in [3.63, 3.8) is 0 Å². The molecular formula is C35H45FN6O5. The Morgan fingerprint density at radius 2 is 1.94 bits per heavy atom. The summed E-state index contributed by atoms with van der Waals surface area (Å²) in [5.74, 6) is -0.768. The number of halogens is 1. The number of rotatable bonds is 13. The highest BCUT2D eigenvalue weighted by molar-refractivity contribution is 5.73. The summed E-state index contributed by atoms with van der Waals surface area (Å²) in [5.41, 5.74) is 2.04. The topological polar surface area (TPSA) is 107 Å². The molecule has 1 aromatic carbocycles. The summed E-state index contributed by atoms with van der Waals surface area (Å²) in [5, 5.41) is 20.0. The lowest BCUT2D eigenvalue weighted by atomic mass is 9.93. The first-order chi connectivity index (χ1) is 22.3. The Hall–Kier alpha value is -4.26. The van der Waals surface area contributed by atoms with E-state index >= 15 is 0 Å². The molecule has 1 saturated heterocycles. The zero-order valence-corrected chi connectivity index (χ0v) is 27.9. The molecule has 1 fully saturated rings. The predicted molar refractivity (Wildman–Crippen MR) is 176 cm³/mol. The molecule has 0 radical (unpaired) electrons. The molecule has 2 atom stereocenters. The predicted octanol–water partition coefficient (Wildman–Crippen LogP) is 5.78. The van der Waals surface area contributed by atoms with Gasteiger partial charge in [-0.3, -0.25) is 4.90 Å². The number of hydrogen-bond donors (Lipinski definition) is 1. The number of piperidine rings is 1. The van der Waals surface area contributed by atoms with Crippen LogP contribution >= 0.6 is 0 Å². The fraction of sp³-hybridized carbons (Fsp3) is 0.457. The van der Waals surface area contributed by atoms with Gasteiger partial charge in [0.05, 0.1) is 29.7 Å². The second-order valence-corrected chi connectivity index (χ2v) is 13.2. The molecule has 11 nitrogen and oxygen atoms in total. The summed E-state index contributed by atoms with van der Waals surface area (Å²) in [6, 6.07) is 6.77. The maximum Gasteiger partial charge on any atom is 0.354 e. The first-order valence-corrected chi connectivity index (χ1v) is 15.8. The van der Waals surface area contributed by atoms with Crippen molar-refractivity contribution >= 4 is 12.0 Å². The number of nitrogens with zero attached hydrogens (tertiary/aromatic N) is 6. The number of carbonyl (C=O) groups is 1. The average Bonchev–Trinajstić information content (AvgIpc) is 3.65. The van der Waals surface area contributed by atoms with Crippen molar-refractivity contribution in [2.75, 3.05) is 26.3 Å². The van der Waals surface area contributed by atoms with Gasteiger partial charge in [-0.2, -0.15) is 5.10 Å². The minimum absolute atomic E-state index is 0.194. The van der Waals surface area contributed by atoms with Crippen LogP contribution in [0.3, 0.4) is 0 Å². The summed E-state index contributed by atoms with van der Waals surface area (Å²) in [7, 11) is 0. The van der Waals surface area contributed by atoms with Crippen LogP contribution in [0.15, 0.2) is 67.7 Å². The highest BCUT2D eigenvalue weighted by atomic mass is 19.1. The fourth-order valence-electron chi connectivity index (χ4n) is 6.01. The molecule has 1 N–H and O–H groups in total. The number of hydrogen-bond acceptors (Lipinski definition) is 8. The molecule has 3 aromatic rings. The van der Waals surface area contributed by atoms with Crippen LogP contribution in [0.4, 0.5) is 4.39 Å². The third kappa shape index (κ3) is 7.66. The van der Waals surface area contributed by atoms with Crippen LogP contribution in [0, 0.1) is 5.82 Å². The minimum Gasteiger partial charge on any atom is -0.486 e. The van der Waals surface area contributed by atoms with E-state index in [0.717, 1.165) is 29.8 Å². The maximum atomic E-state index is 14.6. The van der Waals surface area contributed by atoms with Gasteiger partial charge in [-0.25, -0.2) is 18.5 Å². The van der Waals surface area contributed by atoms with E-state index in [-0.39, 0.29) is 18.0 Å². The van der Waals surface area contributed by atoms with Crippen molar-refractivity contribution in [1.82, 2.24) is 29.4 Å². The van der Waals surface area contributed by atoms with Crippen molar-refractivity contribution in [3.05, 3.63) is 90.3 Å². The second-order valence-electron chi connectivity index (χ2n) is 13.2. The minimum atomic E-state index is -1.26. The number of likely N-dealkylation sites (tertiary alicyclic amines) is 1. The summed E-state index contributed by atoms with van der Waals surface area (Å²) >= 11 is 0. The van der Waals surface area contributed by atoms with Gasteiger partial charge in [0.2, 0.25) is 6.23 Å². The highest BCUT2D eigenvalue weighted by Crippen LogP contribution is 2.38. The monoisotopic (exact) mass is 648 g/mol. The summed E-state index contributed by atoms with van der Waals surface area (Å²) in [6.07, 6.45) is 8.87. The molecule has 252 valence electrons. The SMILES string of the molecule is C=CCOc1c(F)cccc1Cc1cnn(-c2cc3n(n2)C(N2CCC(C)(OCC=C)CC2)N(C(OC(C)(C)C)C(=O)O)C(C)=C3)c1. The van der Waals surface area contributed by atoms with Gasteiger partial charge in [0.25, 0.3) is 0 Å². The Labute approximate surface area is 275 Å². The van der Waals surface area contributed by atoms with Gasteiger partial charge in [0.1, 0.15) is 6.61 Å². The van der Waals surface area contributed by atoms with Crippen LogP contribution in [0.2, 0.25) is 0 Å². The molecule has 0 saturated carbocycles. The number of fused-ring (bicyclic) bond motifs is 1. The number of benzene rings is 1. The molecule has 47 heavy (non-hydrogen) atoms. The van der Waals surface area contributed by atoms with Crippen LogP contribution < -0.4 is 4.74 Å². The Morgan fingerprint density at radius 1 is 1.21 bits per heavy atom. The van der Waals surface area contributed by atoms with Gasteiger partial charge in [-0.15, -0.1) is 11.7 Å². The Balaban J connectivity index is 1.48. The lowest BCUT2D eigenvalue weighted by Crippen LogP contribution is -2.57. The summed E-state index contributed by atoms with van der Waals surface area (Å²) in [4.78, 5) is 16.8. The molecule has 5 rings (SSSR count). The van der Waals surface area contributed by atoms with E-state index in [1.165, 1.54) is 6.07 Å². The standard InChI is InChI=1S/C35H45FN6O5/c1-8-17-45-30-26(11-10-12-28(30)36)20-25-22-37-40(23-25)29-21-27-19-24(3)41(31(32(43)44)47-34(4,5)6)33(42(27)38-29)39-15-13-35(7,14-16-39)46-18-9-2/h8-12,19,21-23,31,33H,1-2,13-18,20H2,3-7H3,(H,43,44). The van der Waals surface area contributed by atoms with Crippen LogP contribution in [0.25, 0.3) is 11.9 Å². The van der Waals surface area contributed by atoms with Gasteiger partial charge < -0.3 is 24.2 Å². The van der Waals surface area contributed by atoms with E-state index in [2.05, 4.69) is 30.1 Å². The zero-order chi connectivity index (χ0) is 33.9. The molecule has 2 aliphatic heterocycles. The Kier molecular flexibility index (Phi) is 10.0. The molecule has 0 amide bonds. The third-order valence-corrected chi connectivity index (χ3v) is 8.30. The smallest absolute Gasteiger partial charge is 0.354 e. The fourth-order valence-corrected chi connectivity index (χ4v) is 6.01. The van der Waals surface area contributed by atoms with E-state index in [1.807, 2.05) is 56.8 Å².